The van der Waals surface area contributed by atoms with E-state index in [0.29, 0.717) is 5.75 Å². The highest BCUT2D eigenvalue weighted by Gasteiger charge is 2.30. The summed E-state index contributed by atoms with van der Waals surface area (Å²) >= 11 is 0. The average Bonchev–Trinajstić information content (AvgIpc) is 2.91. The second kappa shape index (κ2) is 7.70. The van der Waals surface area contributed by atoms with Crippen LogP contribution in [-0.2, 0) is 0 Å². The maximum atomic E-state index is 13.8. The van der Waals surface area contributed by atoms with Gasteiger partial charge in [-0.2, -0.15) is 8.78 Å². The second-order valence-electron chi connectivity index (χ2n) is 5.79. The molecule has 1 aliphatic carbocycles. The summed E-state index contributed by atoms with van der Waals surface area (Å²) in [4.78, 5) is 0. The van der Waals surface area contributed by atoms with Crippen LogP contribution in [0.5, 0.6) is 5.75 Å². The van der Waals surface area contributed by atoms with Crippen molar-refractivity contribution in [2.24, 2.45) is 11.8 Å². The van der Waals surface area contributed by atoms with Crippen molar-refractivity contribution in [2.45, 2.75) is 37.9 Å². The predicted molar refractivity (Wildman–Crippen MR) is 79.7 cm³/mol. The minimum atomic E-state index is -3.04. The predicted octanol–water partition coefficient (Wildman–Crippen LogP) is 3.37. The Morgan fingerprint density at radius 3 is 2.64 bits per heavy atom. The first-order chi connectivity index (χ1) is 10.5. The highest BCUT2D eigenvalue weighted by molar-refractivity contribution is 5.21. The summed E-state index contributed by atoms with van der Waals surface area (Å²) in [7, 11) is 0. The first-order valence-corrected chi connectivity index (χ1v) is 7.57. The Kier molecular flexibility index (Phi) is 5.91. The number of hydrogen-bond donors (Lipinski definition) is 2. The summed E-state index contributed by atoms with van der Waals surface area (Å²) in [5.41, 5.74) is 0. The zero-order valence-electron chi connectivity index (χ0n) is 12.4. The smallest absolute Gasteiger partial charge is 0.299 e. The fraction of sp³-hybridized carbons (Fsp3) is 0.529. The van der Waals surface area contributed by atoms with Gasteiger partial charge in [0.15, 0.2) is 12.9 Å². The van der Waals surface area contributed by atoms with Crippen LogP contribution in [0.4, 0.5) is 8.78 Å². The van der Waals surface area contributed by atoms with Crippen LogP contribution < -0.4 is 4.74 Å². The van der Waals surface area contributed by atoms with Crippen molar-refractivity contribution in [2.75, 3.05) is 6.61 Å². The van der Waals surface area contributed by atoms with Gasteiger partial charge in [-0.1, -0.05) is 30.7 Å². The van der Waals surface area contributed by atoms with E-state index in [1.165, 1.54) is 6.08 Å². The molecule has 0 aromatic heterocycles. The van der Waals surface area contributed by atoms with E-state index in [0.717, 1.165) is 25.3 Å². The van der Waals surface area contributed by atoms with Crippen LogP contribution >= 0.6 is 0 Å². The van der Waals surface area contributed by atoms with E-state index in [1.54, 1.807) is 30.3 Å². The monoisotopic (exact) mass is 312 g/mol. The third-order valence-corrected chi connectivity index (χ3v) is 3.99. The number of rotatable bonds is 7. The summed E-state index contributed by atoms with van der Waals surface area (Å²) < 4.78 is 32.8. The normalized spacial score (nSPS) is 22.6. The molecule has 1 aromatic carbocycles. The molecule has 1 unspecified atom stereocenters. The minimum Gasteiger partial charge on any atom is -0.487 e. The number of benzene rings is 1. The lowest BCUT2D eigenvalue weighted by Crippen LogP contribution is -2.23. The molecule has 122 valence electrons. The Morgan fingerprint density at radius 1 is 1.23 bits per heavy atom. The van der Waals surface area contributed by atoms with Gasteiger partial charge in [0.25, 0.3) is 5.92 Å². The number of allylic oxidation sites excluding steroid dienone is 1. The van der Waals surface area contributed by atoms with Gasteiger partial charge in [-0.05, 0) is 42.9 Å². The van der Waals surface area contributed by atoms with Crippen molar-refractivity contribution < 1.29 is 23.7 Å². The molecule has 1 fully saturated rings. The van der Waals surface area contributed by atoms with Crippen LogP contribution in [0.25, 0.3) is 0 Å². The first kappa shape index (κ1) is 16.9. The molecule has 2 rings (SSSR count). The van der Waals surface area contributed by atoms with E-state index in [9.17, 15) is 8.78 Å². The van der Waals surface area contributed by atoms with Crippen molar-refractivity contribution in [1.29, 1.82) is 0 Å². The third kappa shape index (κ3) is 5.39. The van der Waals surface area contributed by atoms with Crippen LogP contribution in [0.3, 0.4) is 0 Å². The van der Waals surface area contributed by atoms with Crippen LogP contribution in [-0.4, -0.2) is 29.0 Å². The Bertz CT molecular complexity index is 474. The Labute approximate surface area is 129 Å². The zero-order valence-corrected chi connectivity index (χ0v) is 12.4. The molecule has 0 bridgehead atoms. The van der Waals surface area contributed by atoms with Crippen molar-refractivity contribution in [3.05, 3.63) is 42.5 Å². The largest absolute Gasteiger partial charge is 0.487 e. The molecule has 1 aromatic rings. The minimum absolute atomic E-state index is 0.0237. The number of para-hydroxylation sites is 1. The Hall–Kier alpha value is -1.46. The van der Waals surface area contributed by atoms with Gasteiger partial charge in [0, 0.05) is 6.42 Å². The first-order valence-electron chi connectivity index (χ1n) is 7.57. The van der Waals surface area contributed by atoms with Crippen LogP contribution in [0.2, 0.25) is 0 Å². The van der Waals surface area contributed by atoms with Crippen LogP contribution in [0.15, 0.2) is 42.5 Å². The fourth-order valence-electron chi connectivity index (χ4n) is 2.89. The lowest BCUT2D eigenvalue weighted by atomic mass is 9.92. The van der Waals surface area contributed by atoms with Gasteiger partial charge < -0.3 is 14.9 Å². The van der Waals surface area contributed by atoms with E-state index in [2.05, 4.69) is 0 Å². The summed E-state index contributed by atoms with van der Waals surface area (Å²) in [6, 6.07) is 8.52. The third-order valence-electron chi connectivity index (χ3n) is 3.99. The Morgan fingerprint density at radius 2 is 1.95 bits per heavy atom. The molecule has 5 heteroatoms. The van der Waals surface area contributed by atoms with E-state index < -0.39 is 18.8 Å². The molecule has 0 radical (unpaired) electrons. The van der Waals surface area contributed by atoms with E-state index in [1.807, 2.05) is 0 Å². The molecule has 1 aliphatic rings. The summed E-state index contributed by atoms with van der Waals surface area (Å²) in [6.07, 6.45) is 3.85. The number of halogens is 2. The molecule has 0 heterocycles. The maximum Gasteiger partial charge on any atom is 0.299 e. The summed E-state index contributed by atoms with van der Waals surface area (Å²) in [5, 5.41) is 18.1. The van der Waals surface area contributed by atoms with Crippen molar-refractivity contribution in [3.63, 3.8) is 0 Å². The van der Waals surface area contributed by atoms with E-state index >= 15 is 0 Å². The average molecular weight is 312 g/mol. The number of ether oxygens (including phenoxy) is 1. The molecule has 0 aliphatic heterocycles. The standard InChI is InChI=1S/C17H22F2O3/c18-17(19,12-22-15-7-2-1-3-8-15)10-9-13-5-4-6-14(13)11-16(20)21/h1-3,7-10,13-14,16,20-21H,4-6,11-12H2/b10-9+/t13?,14-/m1/s1. The van der Waals surface area contributed by atoms with E-state index in [4.69, 9.17) is 14.9 Å². The van der Waals surface area contributed by atoms with Gasteiger partial charge in [0.05, 0.1) is 0 Å². The van der Waals surface area contributed by atoms with Crippen LogP contribution in [0.1, 0.15) is 25.7 Å². The molecule has 0 amide bonds. The van der Waals surface area contributed by atoms with Crippen molar-refractivity contribution in [3.8, 4) is 5.75 Å². The number of aliphatic hydroxyl groups is 2. The van der Waals surface area contributed by atoms with Gasteiger partial charge in [-0.15, -0.1) is 0 Å². The highest BCUT2D eigenvalue weighted by Crippen LogP contribution is 2.36. The van der Waals surface area contributed by atoms with Gasteiger partial charge in [0.1, 0.15) is 5.75 Å². The molecule has 22 heavy (non-hydrogen) atoms. The molecule has 2 atom stereocenters. The SMILES string of the molecule is OC(O)C[C@H]1CCCC1/C=C/C(F)(F)COc1ccccc1. The highest BCUT2D eigenvalue weighted by atomic mass is 19.3. The maximum absolute atomic E-state index is 13.8. The summed E-state index contributed by atoms with van der Waals surface area (Å²) in [6.45, 7) is -0.701. The molecular weight excluding hydrogens is 290 g/mol. The van der Waals surface area contributed by atoms with Crippen molar-refractivity contribution >= 4 is 0 Å². The zero-order chi connectivity index (χ0) is 16.0. The van der Waals surface area contributed by atoms with Crippen LogP contribution in [0, 0.1) is 11.8 Å². The van der Waals surface area contributed by atoms with Gasteiger partial charge in [-0.3, -0.25) is 0 Å². The number of alkyl halides is 2. The van der Waals surface area contributed by atoms with Gasteiger partial charge >= 0.3 is 0 Å². The molecule has 1 saturated carbocycles. The molecule has 3 nitrogen and oxygen atoms in total. The lowest BCUT2D eigenvalue weighted by molar-refractivity contribution is -0.0577. The van der Waals surface area contributed by atoms with E-state index in [-0.39, 0.29) is 18.3 Å². The molecule has 2 N–H and O–H groups in total. The lowest BCUT2D eigenvalue weighted by Gasteiger charge is -2.18. The molecule has 0 saturated heterocycles. The fourth-order valence-corrected chi connectivity index (χ4v) is 2.89. The number of hydrogen-bond acceptors (Lipinski definition) is 3. The van der Waals surface area contributed by atoms with Crippen molar-refractivity contribution in [1.82, 2.24) is 0 Å². The van der Waals surface area contributed by atoms with Gasteiger partial charge in [0.2, 0.25) is 0 Å². The molecular formula is C17H22F2O3. The second-order valence-corrected chi connectivity index (χ2v) is 5.79. The number of aliphatic hydroxyl groups excluding tert-OH is 1. The quantitative estimate of drug-likeness (QED) is 0.599. The topological polar surface area (TPSA) is 49.7 Å². The van der Waals surface area contributed by atoms with Gasteiger partial charge in [-0.25, -0.2) is 0 Å². The Balaban J connectivity index is 1.87. The summed E-state index contributed by atoms with van der Waals surface area (Å²) in [5.74, 6) is -2.59. The molecule has 0 spiro atoms.